The van der Waals surface area contributed by atoms with Crippen molar-refractivity contribution in [2.24, 2.45) is 0 Å². The van der Waals surface area contributed by atoms with Gasteiger partial charge in [-0.2, -0.15) is 0 Å². The highest BCUT2D eigenvalue weighted by molar-refractivity contribution is 6.22. The van der Waals surface area contributed by atoms with Gasteiger partial charge in [-0.15, -0.1) is 0 Å². The van der Waals surface area contributed by atoms with E-state index in [0.717, 1.165) is 4.90 Å². The number of nitrogens with zero attached hydrogens (tertiary/aromatic N) is 1. The lowest BCUT2D eigenvalue weighted by atomic mass is 10.1. The van der Waals surface area contributed by atoms with Crippen LogP contribution in [0, 0.1) is 6.92 Å². The average molecular weight is 407 g/mol. The maximum Gasteiger partial charge on any atom is 0.336 e. The topological polar surface area (TPSA) is 114 Å². The summed E-state index contributed by atoms with van der Waals surface area (Å²) >= 11 is 0. The van der Waals surface area contributed by atoms with Crippen LogP contribution in [0.2, 0.25) is 0 Å². The Morgan fingerprint density at radius 3 is 2.37 bits per heavy atom. The molecule has 1 atom stereocenters. The second-order valence-electron chi connectivity index (χ2n) is 6.99. The van der Waals surface area contributed by atoms with Crippen LogP contribution in [0.15, 0.2) is 51.7 Å². The van der Waals surface area contributed by atoms with Crippen LogP contribution in [0.3, 0.4) is 0 Å². The molecule has 2 heterocycles. The summed E-state index contributed by atoms with van der Waals surface area (Å²) < 4.78 is 10.5. The van der Waals surface area contributed by atoms with Crippen LogP contribution < -0.4 is 5.63 Å². The first-order valence-corrected chi connectivity index (χ1v) is 9.18. The molecule has 3 aromatic rings. The van der Waals surface area contributed by atoms with E-state index in [2.05, 4.69) is 0 Å². The zero-order valence-electron chi connectivity index (χ0n) is 16.2. The van der Waals surface area contributed by atoms with Gasteiger partial charge in [0.1, 0.15) is 24.0 Å². The number of amides is 2. The molecule has 0 radical (unpaired) electrons. The number of aromatic hydroxyl groups is 1. The number of phenolic OH excluding ortho intramolecular Hbond substituents is 1. The van der Waals surface area contributed by atoms with Gasteiger partial charge in [-0.25, -0.2) is 9.59 Å². The van der Waals surface area contributed by atoms with E-state index in [1.165, 1.54) is 31.2 Å². The molecule has 30 heavy (non-hydrogen) atoms. The van der Waals surface area contributed by atoms with Gasteiger partial charge in [0.15, 0.2) is 0 Å². The van der Waals surface area contributed by atoms with E-state index >= 15 is 0 Å². The van der Waals surface area contributed by atoms with Crippen LogP contribution in [0.5, 0.6) is 5.75 Å². The van der Waals surface area contributed by atoms with Crippen molar-refractivity contribution in [1.82, 2.24) is 4.90 Å². The number of imide groups is 1. The van der Waals surface area contributed by atoms with Crippen molar-refractivity contribution in [2.75, 3.05) is 0 Å². The van der Waals surface area contributed by atoms with E-state index < -0.39 is 29.5 Å². The van der Waals surface area contributed by atoms with Gasteiger partial charge in [0.25, 0.3) is 11.8 Å². The van der Waals surface area contributed by atoms with Gasteiger partial charge in [0.05, 0.1) is 11.1 Å². The smallest absolute Gasteiger partial charge is 0.336 e. The van der Waals surface area contributed by atoms with Gasteiger partial charge in [-0.1, -0.05) is 12.1 Å². The van der Waals surface area contributed by atoms with Crippen molar-refractivity contribution >= 4 is 28.8 Å². The quantitative estimate of drug-likeness (QED) is 0.402. The Morgan fingerprint density at radius 2 is 1.73 bits per heavy atom. The number of phenols is 1. The van der Waals surface area contributed by atoms with Crippen LogP contribution in [-0.2, 0) is 16.1 Å². The lowest BCUT2D eigenvalue weighted by Gasteiger charge is -2.21. The fraction of sp³-hybridized carbons (Fsp3) is 0.182. The van der Waals surface area contributed by atoms with E-state index in [4.69, 9.17) is 9.15 Å². The van der Waals surface area contributed by atoms with Crippen molar-refractivity contribution < 1.29 is 28.6 Å². The van der Waals surface area contributed by atoms with Gasteiger partial charge in [-0.3, -0.25) is 14.5 Å². The first kappa shape index (κ1) is 19.4. The lowest BCUT2D eigenvalue weighted by Crippen LogP contribution is -2.43. The Hall–Kier alpha value is -3.94. The number of carbonyl (C=O) groups excluding carboxylic acids is 3. The Kier molecular flexibility index (Phi) is 4.62. The summed E-state index contributed by atoms with van der Waals surface area (Å²) in [5, 5.41) is 10.3. The number of hydrogen-bond acceptors (Lipinski definition) is 7. The molecule has 0 bridgehead atoms. The largest absolute Gasteiger partial charge is 0.508 e. The second-order valence-corrected chi connectivity index (χ2v) is 6.99. The number of fused-ring (bicyclic) bond motifs is 2. The van der Waals surface area contributed by atoms with Crippen LogP contribution in [0.1, 0.15) is 38.8 Å². The number of aryl methyl sites for hydroxylation is 1. The molecule has 1 aliphatic heterocycles. The van der Waals surface area contributed by atoms with Crippen molar-refractivity contribution in [3.63, 3.8) is 0 Å². The lowest BCUT2D eigenvalue weighted by molar-refractivity contribution is -0.149. The zero-order chi connectivity index (χ0) is 21.6. The van der Waals surface area contributed by atoms with Crippen molar-refractivity contribution in [2.45, 2.75) is 26.5 Å². The predicted octanol–water partition coefficient (Wildman–Crippen LogP) is 2.53. The molecule has 8 heteroatoms. The minimum Gasteiger partial charge on any atom is -0.508 e. The van der Waals surface area contributed by atoms with Gasteiger partial charge in [-0.05, 0) is 38.1 Å². The Balaban J connectivity index is 1.56. The third kappa shape index (κ3) is 3.02. The monoisotopic (exact) mass is 407 g/mol. The molecule has 0 spiro atoms. The molecular weight excluding hydrogens is 390 g/mol. The molecule has 2 amide bonds. The maximum atomic E-state index is 12.6. The third-order valence-corrected chi connectivity index (χ3v) is 5.14. The number of hydrogen-bond donors (Lipinski definition) is 1. The zero-order valence-corrected chi connectivity index (χ0v) is 16.2. The Labute approximate surface area is 170 Å². The average Bonchev–Trinajstić information content (AvgIpc) is 2.99. The normalized spacial score (nSPS) is 14.1. The highest BCUT2D eigenvalue weighted by Crippen LogP contribution is 2.28. The molecule has 4 rings (SSSR count). The standard InChI is InChI=1S/C22H17NO7/c1-11-17(24)8-7-14-13(9-18(25)30-19(11)14)10-29-22(28)12(2)23-20(26)15-5-3-4-6-16(15)21(23)27/h3-9,12,24H,10H2,1-2H3/t12-/m0/s1. The molecule has 0 aliphatic carbocycles. The van der Waals surface area contributed by atoms with E-state index in [-0.39, 0.29) is 29.1 Å². The molecule has 1 aliphatic rings. The van der Waals surface area contributed by atoms with E-state index in [1.807, 2.05) is 0 Å². The first-order valence-electron chi connectivity index (χ1n) is 9.18. The van der Waals surface area contributed by atoms with Gasteiger partial charge in [0, 0.05) is 22.6 Å². The summed E-state index contributed by atoms with van der Waals surface area (Å²) in [4.78, 5) is 50.4. The summed E-state index contributed by atoms with van der Waals surface area (Å²) in [5.74, 6) is -1.94. The van der Waals surface area contributed by atoms with Crippen molar-refractivity contribution in [3.05, 3.63) is 75.1 Å². The van der Waals surface area contributed by atoms with Gasteiger partial charge >= 0.3 is 11.6 Å². The number of carbonyl (C=O) groups is 3. The van der Waals surface area contributed by atoms with Gasteiger partial charge in [0.2, 0.25) is 0 Å². The van der Waals surface area contributed by atoms with E-state index in [9.17, 15) is 24.3 Å². The number of ether oxygens (including phenoxy) is 1. The van der Waals surface area contributed by atoms with Crippen LogP contribution >= 0.6 is 0 Å². The molecule has 1 N–H and O–H groups in total. The first-order chi connectivity index (χ1) is 14.3. The van der Waals surface area contributed by atoms with Crippen molar-refractivity contribution in [3.8, 4) is 5.75 Å². The Morgan fingerprint density at radius 1 is 1.10 bits per heavy atom. The second kappa shape index (κ2) is 7.14. The minimum atomic E-state index is -1.14. The van der Waals surface area contributed by atoms with E-state index in [1.54, 1.807) is 25.1 Å². The highest BCUT2D eigenvalue weighted by atomic mass is 16.5. The summed E-state index contributed by atoms with van der Waals surface area (Å²) in [7, 11) is 0. The highest BCUT2D eigenvalue weighted by Gasteiger charge is 2.41. The number of rotatable bonds is 4. The maximum absolute atomic E-state index is 12.6. The fourth-order valence-corrected chi connectivity index (χ4v) is 3.47. The molecule has 1 aromatic heterocycles. The molecule has 2 aromatic carbocycles. The molecule has 8 nitrogen and oxygen atoms in total. The van der Waals surface area contributed by atoms with Gasteiger partial charge < -0.3 is 14.3 Å². The minimum absolute atomic E-state index is 0.0287. The Bertz CT molecular complexity index is 1240. The molecular formula is C22H17NO7. The number of esters is 1. The molecule has 0 saturated heterocycles. The van der Waals surface area contributed by atoms with Crippen LogP contribution in [0.25, 0.3) is 11.0 Å². The SMILES string of the molecule is Cc1c(O)ccc2c(COC(=O)[C@H](C)N3C(=O)c4ccccc4C3=O)cc(=O)oc12. The number of benzene rings is 2. The molecule has 0 fully saturated rings. The fourth-order valence-electron chi connectivity index (χ4n) is 3.47. The van der Waals surface area contributed by atoms with E-state index in [0.29, 0.717) is 16.5 Å². The predicted molar refractivity (Wildman–Crippen MR) is 105 cm³/mol. The van der Waals surface area contributed by atoms with Crippen LogP contribution in [-0.4, -0.2) is 33.8 Å². The summed E-state index contributed by atoms with van der Waals surface area (Å²) in [5.41, 5.74) is 0.787. The molecule has 152 valence electrons. The van der Waals surface area contributed by atoms with Crippen molar-refractivity contribution in [1.29, 1.82) is 0 Å². The summed E-state index contributed by atoms with van der Waals surface area (Å²) in [6.07, 6.45) is 0. The molecule has 0 unspecified atom stereocenters. The third-order valence-electron chi connectivity index (χ3n) is 5.14. The summed E-state index contributed by atoms with van der Waals surface area (Å²) in [6.45, 7) is 2.74. The molecule has 0 saturated carbocycles. The summed E-state index contributed by atoms with van der Waals surface area (Å²) in [6, 6.07) is 9.39. The van der Waals surface area contributed by atoms with Crippen LogP contribution in [0.4, 0.5) is 0 Å².